The smallest absolute Gasteiger partial charge is 0.319 e. The van der Waals surface area contributed by atoms with E-state index in [9.17, 15) is 9.59 Å². The molecule has 6 nitrogen and oxygen atoms in total. The average Bonchev–Trinajstić information content (AvgIpc) is 2.72. The Morgan fingerprint density at radius 2 is 1.73 bits per heavy atom. The molecule has 0 aliphatic carbocycles. The molecule has 1 heterocycles. The fourth-order valence-electron chi connectivity index (χ4n) is 3.54. The van der Waals surface area contributed by atoms with E-state index in [4.69, 9.17) is 0 Å². The summed E-state index contributed by atoms with van der Waals surface area (Å²) in [4.78, 5) is 26.9. The third-order valence-electron chi connectivity index (χ3n) is 5.45. The van der Waals surface area contributed by atoms with Gasteiger partial charge in [0, 0.05) is 43.0 Å². The molecule has 0 bridgehead atoms. The van der Waals surface area contributed by atoms with Crippen molar-refractivity contribution in [2.75, 3.05) is 23.7 Å². The fraction of sp³-hybridized carbons (Fsp3) is 0.417. The Hall–Kier alpha value is -2.86. The Balaban J connectivity index is 1.48. The Labute approximate surface area is 179 Å². The largest absolute Gasteiger partial charge is 0.335 e. The molecule has 3 N–H and O–H groups in total. The lowest BCUT2D eigenvalue weighted by molar-refractivity contribution is -0.118. The summed E-state index contributed by atoms with van der Waals surface area (Å²) in [7, 11) is 0. The van der Waals surface area contributed by atoms with Gasteiger partial charge >= 0.3 is 6.03 Å². The van der Waals surface area contributed by atoms with Gasteiger partial charge in [-0.1, -0.05) is 50.2 Å². The van der Waals surface area contributed by atoms with Crippen LogP contribution in [0.2, 0.25) is 0 Å². The Bertz CT molecular complexity index is 859. The van der Waals surface area contributed by atoms with Crippen LogP contribution in [0.3, 0.4) is 0 Å². The van der Waals surface area contributed by atoms with Crippen molar-refractivity contribution < 1.29 is 9.59 Å². The Morgan fingerprint density at radius 3 is 2.40 bits per heavy atom. The number of piperidine rings is 1. The van der Waals surface area contributed by atoms with Gasteiger partial charge < -0.3 is 16.0 Å². The van der Waals surface area contributed by atoms with E-state index < -0.39 is 0 Å². The first kappa shape index (κ1) is 21.8. The van der Waals surface area contributed by atoms with E-state index in [0.717, 1.165) is 38.0 Å². The second kappa shape index (κ2) is 10.3. The molecule has 3 rings (SSSR count). The van der Waals surface area contributed by atoms with Gasteiger partial charge in [-0.25, -0.2) is 4.79 Å². The summed E-state index contributed by atoms with van der Waals surface area (Å²) in [5, 5.41) is 8.90. The standard InChI is InChI=1S/C24H32N4O2/c1-17(2)23(29)25-21-10-9-18(3)22(15-21)27-24(30)26-20-11-13-28(14-12-20)16-19-7-5-4-6-8-19/h4-10,15,17,20H,11-14,16H2,1-3H3,(H,25,29)(H2,26,27,30). The van der Waals surface area contributed by atoms with Crippen molar-refractivity contribution in [3.8, 4) is 0 Å². The normalized spacial score (nSPS) is 15.1. The van der Waals surface area contributed by atoms with Crippen LogP contribution in [0.4, 0.5) is 16.2 Å². The number of anilines is 2. The fourth-order valence-corrected chi connectivity index (χ4v) is 3.54. The molecule has 30 heavy (non-hydrogen) atoms. The summed E-state index contributed by atoms with van der Waals surface area (Å²) in [6, 6.07) is 16.0. The molecule has 0 aromatic heterocycles. The zero-order valence-corrected chi connectivity index (χ0v) is 18.1. The number of nitrogens with one attached hydrogen (secondary N) is 3. The van der Waals surface area contributed by atoms with Gasteiger partial charge in [-0.05, 0) is 43.0 Å². The van der Waals surface area contributed by atoms with Crippen LogP contribution in [0.5, 0.6) is 0 Å². The third-order valence-corrected chi connectivity index (χ3v) is 5.45. The lowest BCUT2D eigenvalue weighted by Gasteiger charge is -2.32. The minimum atomic E-state index is -0.202. The number of benzene rings is 2. The molecule has 3 amide bonds. The maximum Gasteiger partial charge on any atom is 0.319 e. The molecule has 1 aliphatic rings. The highest BCUT2D eigenvalue weighted by Crippen LogP contribution is 2.21. The van der Waals surface area contributed by atoms with Crippen LogP contribution in [-0.2, 0) is 11.3 Å². The lowest BCUT2D eigenvalue weighted by Crippen LogP contribution is -2.45. The number of carbonyl (C=O) groups excluding carboxylic acids is 2. The molecule has 2 aromatic rings. The van der Waals surface area contributed by atoms with Crippen LogP contribution >= 0.6 is 0 Å². The Kier molecular flexibility index (Phi) is 7.46. The highest BCUT2D eigenvalue weighted by Gasteiger charge is 2.21. The molecule has 160 valence electrons. The van der Waals surface area contributed by atoms with Crippen LogP contribution in [0, 0.1) is 12.8 Å². The molecule has 6 heteroatoms. The van der Waals surface area contributed by atoms with E-state index in [-0.39, 0.29) is 23.9 Å². The number of nitrogens with zero attached hydrogens (tertiary/aromatic N) is 1. The number of carbonyl (C=O) groups is 2. The molecule has 2 aromatic carbocycles. The predicted molar refractivity (Wildman–Crippen MR) is 122 cm³/mol. The first-order valence-corrected chi connectivity index (χ1v) is 10.7. The molecule has 0 saturated carbocycles. The number of aryl methyl sites for hydroxylation is 1. The molecule has 0 atom stereocenters. The number of amides is 3. The van der Waals surface area contributed by atoms with Crippen LogP contribution in [-0.4, -0.2) is 36.0 Å². The quantitative estimate of drug-likeness (QED) is 0.664. The van der Waals surface area contributed by atoms with Crippen LogP contribution < -0.4 is 16.0 Å². The molecule has 0 radical (unpaired) electrons. The van der Waals surface area contributed by atoms with Gasteiger partial charge in [0.05, 0.1) is 0 Å². The third kappa shape index (κ3) is 6.32. The van der Waals surface area contributed by atoms with E-state index in [1.54, 1.807) is 6.07 Å². The first-order chi connectivity index (χ1) is 14.4. The number of hydrogen-bond donors (Lipinski definition) is 3. The van der Waals surface area contributed by atoms with E-state index >= 15 is 0 Å². The van der Waals surface area contributed by atoms with Gasteiger partial charge in [0.25, 0.3) is 0 Å². The predicted octanol–water partition coefficient (Wildman–Crippen LogP) is 4.38. The number of likely N-dealkylation sites (tertiary alicyclic amines) is 1. The van der Waals surface area contributed by atoms with Crippen molar-refractivity contribution in [3.63, 3.8) is 0 Å². The maximum absolute atomic E-state index is 12.5. The number of hydrogen-bond acceptors (Lipinski definition) is 3. The van der Waals surface area contributed by atoms with Crippen LogP contribution in [0.25, 0.3) is 0 Å². The summed E-state index contributed by atoms with van der Waals surface area (Å²) in [6.07, 6.45) is 1.87. The number of rotatable bonds is 6. The lowest BCUT2D eigenvalue weighted by atomic mass is 10.0. The van der Waals surface area contributed by atoms with Crippen molar-refractivity contribution in [1.82, 2.24) is 10.2 Å². The highest BCUT2D eigenvalue weighted by molar-refractivity contribution is 5.94. The molecule has 0 spiro atoms. The van der Waals surface area contributed by atoms with E-state index in [2.05, 4.69) is 45.1 Å². The average molecular weight is 409 g/mol. The van der Waals surface area contributed by atoms with Crippen LogP contribution in [0.1, 0.15) is 37.8 Å². The monoisotopic (exact) mass is 408 g/mol. The second-order valence-corrected chi connectivity index (χ2v) is 8.31. The van der Waals surface area contributed by atoms with E-state index in [1.165, 1.54) is 5.56 Å². The molecule has 1 fully saturated rings. The van der Waals surface area contributed by atoms with Crippen molar-refractivity contribution in [1.29, 1.82) is 0 Å². The minimum Gasteiger partial charge on any atom is -0.335 e. The molecular formula is C24H32N4O2. The topological polar surface area (TPSA) is 73.5 Å². The molecular weight excluding hydrogens is 376 g/mol. The van der Waals surface area contributed by atoms with Crippen molar-refractivity contribution in [3.05, 3.63) is 59.7 Å². The van der Waals surface area contributed by atoms with E-state index in [1.807, 2.05) is 39.0 Å². The van der Waals surface area contributed by atoms with Gasteiger partial charge in [-0.2, -0.15) is 0 Å². The minimum absolute atomic E-state index is 0.0449. The summed E-state index contributed by atoms with van der Waals surface area (Å²) in [5.41, 5.74) is 3.66. The van der Waals surface area contributed by atoms with Crippen LogP contribution in [0.15, 0.2) is 48.5 Å². The van der Waals surface area contributed by atoms with Crippen molar-refractivity contribution in [2.45, 2.75) is 46.2 Å². The number of urea groups is 1. The van der Waals surface area contributed by atoms with Crippen molar-refractivity contribution in [2.24, 2.45) is 5.92 Å². The highest BCUT2D eigenvalue weighted by atomic mass is 16.2. The van der Waals surface area contributed by atoms with Crippen molar-refractivity contribution >= 4 is 23.3 Å². The van der Waals surface area contributed by atoms with Gasteiger partial charge in [0.2, 0.25) is 5.91 Å². The van der Waals surface area contributed by atoms with E-state index in [0.29, 0.717) is 11.4 Å². The molecule has 1 saturated heterocycles. The summed E-state index contributed by atoms with van der Waals surface area (Å²) in [6.45, 7) is 8.52. The van der Waals surface area contributed by atoms with Gasteiger partial charge in [-0.3, -0.25) is 9.69 Å². The summed E-state index contributed by atoms with van der Waals surface area (Å²) < 4.78 is 0. The maximum atomic E-state index is 12.5. The van der Waals surface area contributed by atoms with Gasteiger partial charge in [0.15, 0.2) is 0 Å². The Morgan fingerprint density at radius 1 is 1.03 bits per heavy atom. The van der Waals surface area contributed by atoms with Gasteiger partial charge in [-0.15, -0.1) is 0 Å². The van der Waals surface area contributed by atoms with Gasteiger partial charge in [0.1, 0.15) is 0 Å². The molecule has 0 unspecified atom stereocenters. The SMILES string of the molecule is Cc1ccc(NC(=O)C(C)C)cc1NC(=O)NC1CCN(Cc2ccccc2)CC1. The zero-order valence-electron chi connectivity index (χ0n) is 18.1. The zero-order chi connectivity index (χ0) is 21.5. The summed E-state index contributed by atoms with van der Waals surface area (Å²) in [5.74, 6) is -0.143. The second-order valence-electron chi connectivity index (χ2n) is 8.31. The molecule has 1 aliphatic heterocycles. The summed E-state index contributed by atoms with van der Waals surface area (Å²) >= 11 is 0. The first-order valence-electron chi connectivity index (χ1n) is 10.7.